The predicted molar refractivity (Wildman–Crippen MR) is 93.8 cm³/mol. The molecule has 0 atom stereocenters. The van der Waals surface area contributed by atoms with Crippen molar-refractivity contribution in [1.29, 1.82) is 0 Å². The van der Waals surface area contributed by atoms with Gasteiger partial charge < -0.3 is 19.5 Å². The number of aromatic nitrogens is 1. The van der Waals surface area contributed by atoms with Crippen LogP contribution >= 0.6 is 0 Å². The Morgan fingerprint density at radius 3 is 2.17 bits per heavy atom. The number of anilines is 1. The second kappa shape index (κ2) is 6.49. The molecule has 1 fully saturated rings. The third-order valence-electron chi connectivity index (χ3n) is 4.57. The summed E-state index contributed by atoms with van der Waals surface area (Å²) in [7, 11) is 3.72. The Hall–Kier alpha value is -2.60. The molecule has 0 saturated carbocycles. The van der Waals surface area contributed by atoms with Crippen molar-refractivity contribution in [2.45, 2.75) is 0 Å². The van der Waals surface area contributed by atoms with E-state index in [-0.39, 0.29) is 5.56 Å². The van der Waals surface area contributed by atoms with Gasteiger partial charge in [-0.2, -0.15) is 0 Å². The van der Waals surface area contributed by atoms with E-state index < -0.39 is 11.5 Å². The van der Waals surface area contributed by atoms with Gasteiger partial charge in [0.05, 0.1) is 5.69 Å². The van der Waals surface area contributed by atoms with Crippen molar-refractivity contribution in [2.75, 3.05) is 38.1 Å². The molecule has 0 unspecified atom stereocenters. The van der Waals surface area contributed by atoms with Gasteiger partial charge in [0.1, 0.15) is 5.56 Å². The highest BCUT2D eigenvalue weighted by Crippen LogP contribution is 2.23. The van der Waals surface area contributed by atoms with Crippen molar-refractivity contribution in [3.63, 3.8) is 0 Å². The van der Waals surface area contributed by atoms with Gasteiger partial charge in [0.25, 0.3) is 5.56 Å². The minimum Gasteiger partial charge on any atom is -0.477 e. The van der Waals surface area contributed by atoms with Crippen LogP contribution in [0.4, 0.5) is 5.69 Å². The van der Waals surface area contributed by atoms with Crippen LogP contribution in [-0.4, -0.2) is 53.8 Å². The predicted octanol–water partition coefficient (Wildman–Crippen LogP) is 1.50. The van der Waals surface area contributed by atoms with Crippen molar-refractivity contribution in [1.82, 2.24) is 9.47 Å². The average molecular weight is 327 g/mol. The minimum atomic E-state index is -1.20. The number of hydrogen-bond donors (Lipinski definition) is 1. The van der Waals surface area contributed by atoms with Crippen LogP contribution in [-0.2, 0) is 7.05 Å². The topological polar surface area (TPSA) is 65.8 Å². The zero-order chi connectivity index (χ0) is 17.3. The first-order valence-electron chi connectivity index (χ1n) is 7.94. The average Bonchev–Trinajstić information content (AvgIpc) is 2.58. The fourth-order valence-electron chi connectivity index (χ4n) is 3.00. The van der Waals surface area contributed by atoms with Gasteiger partial charge in [-0.05, 0) is 36.9 Å². The quantitative estimate of drug-likeness (QED) is 0.925. The molecule has 0 spiro atoms. The van der Waals surface area contributed by atoms with Gasteiger partial charge in [0.15, 0.2) is 0 Å². The molecule has 24 heavy (non-hydrogen) atoms. The summed E-state index contributed by atoms with van der Waals surface area (Å²) in [4.78, 5) is 27.8. The number of likely N-dealkylation sites (N-methyl/N-ethyl adjacent to an activating group) is 1. The molecule has 1 aliphatic rings. The van der Waals surface area contributed by atoms with E-state index in [2.05, 4.69) is 29.0 Å². The molecule has 0 bridgehead atoms. The highest BCUT2D eigenvalue weighted by molar-refractivity contribution is 5.87. The minimum absolute atomic E-state index is 0.213. The summed E-state index contributed by atoms with van der Waals surface area (Å²) in [6.45, 7) is 4.10. The molecule has 1 aliphatic heterocycles. The maximum atomic E-state index is 12.1. The molecule has 2 heterocycles. The van der Waals surface area contributed by atoms with Crippen LogP contribution in [0.3, 0.4) is 0 Å². The van der Waals surface area contributed by atoms with Crippen molar-refractivity contribution < 1.29 is 9.90 Å². The summed E-state index contributed by atoms with van der Waals surface area (Å²) < 4.78 is 1.38. The first-order chi connectivity index (χ1) is 11.5. The Labute approximate surface area is 140 Å². The fraction of sp³-hybridized carbons (Fsp3) is 0.333. The number of rotatable bonds is 3. The third-order valence-corrected chi connectivity index (χ3v) is 4.57. The van der Waals surface area contributed by atoms with Crippen LogP contribution in [0, 0.1) is 0 Å². The highest BCUT2D eigenvalue weighted by Gasteiger charge is 2.15. The lowest BCUT2D eigenvalue weighted by atomic mass is 10.1. The van der Waals surface area contributed by atoms with E-state index in [0.29, 0.717) is 5.69 Å². The van der Waals surface area contributed by atoms with Crippen molar-refractivity contribution in [3.8, 4) is 11.3 Å². The Balaban J connectivity index is 1.87. The summed E-state index contributed by atoms with van der Waals surface area (Å²) in [5, 5.41) is 9.03. The van der Waals surface area contributed by atoms with Crippen LogP contribution in [0.1, 0.15) is 10.4 Å². The molecule has 1 saturated heterocycles. The number of carboxylic acid groups (broad SMARTS) is 1. The summed E-state index contributed by atoms with van der Waals surface area (Å²) in [6.07, 6.45) is 0. The van der Waals surface area contributed by atoms with Crippen LogP contribution in [0.5, 0.6) is 0 Å². The van der Waals surface area contributed by atoms with Gasteiger partial charge in [0, 0.05) is 38.9 Å². The van der Waals surface area contributed by atoms with Crippen LogP contribution in [0.25, 0.3) is 11.3 Å². The molecule has 6 heteroatoms. The van der Waals surface area contributed by atoms with Gasteiger partial charge in [-0.25, -0.2) is 4.79 Å². The highest BCUT2D eigenvalue weighted by atomic mass is 16.4. The Bertz CT molecular complexity index is 803. The summed E-state index contributed by atoms with van der Waals surface area (Å²) in [5.74, 6) is -1.20. The lowest BCUT2D eigenvalue weighted by molar-refractivity contribution is 0.0694. The van der Waals surface area contributed by atoms with E-state index in [1.54, 1.807) is 13.1 Å². The van der Waals surface area contributed by atoms with E-state index in [1.165, 1.54) is 16.3 Å². The first kappa shape index (κ1) is 16.3. The van der Waals surface area contributed by atoms with Crippen LogP contribution in [0.15, 0.2) is 41.2 Å². The van der Waals surface area contributed by atoms with Crippen molar-refractivity contribution in [2.24, 2.45) is 7.05 Å². The number of nitrogens with zero attached hydrogens (tertiary/aromatic N) is 3. The molecule has 126 valence electrons. The SMILES string of the molecule is CN1CCN(c2ccc(-c3ccc(C(=O)O)c(=O)n3C)cc2)CC1. The van der Waals surface area contributed by atoms with E-state index >= 15 is 0 Å². The number of carboxylic acids is 1. The Kier molecular flexibility index (Phi) is 4.40. The van der Waals surface area contributed by atoms with Gasteiger partial charge in [0.2, 0.25) is 0 Å². The summed E-state index contributed by atoms with van der Waals surface area (Å²) >= 11 is 0. The zero-order valence-corrected chi connectivity index (χ0v) is 13.9. The third kappa shape index (κ3) is 3.05. The number of hydrogen-bond acceptors (Lipinski definition) is 4. The maximum absolute atomic E-state index is 12.1. The van der Waals surface area contributed by atoms with E-state index in [4.69, 9.17) is 5.11 Å². The summed E-state index contributed by atoms with van der Waals surface area (Å²) in [5.41, 5.74) is 2.05. The van der Waals surface area contributed by atoms with Gasteiger partial charge in [-0.1, -0.05) is 12.1 Å². The van der Waals surface area contributed by atoms with Gasteiger partial charge in [-0.15, -0.1) is 0 Å². The molecular formula is C18H21N3O3. The smallest absolute Gasteiger partial charge is 0.341 e. The second-order valence-corrected chi connectivity index (χ2v) is 6.14. The monoisotopic (exact) mass is 327 g/mol. The molecule has 0 aliphatic carbocycles. The lowest BCUT2D eigenvalue weighted by Gasteiger charge is -2.34. The molecule has 0 radical (unpaired) electrons. The Morgan fingerprint density at radius 1 is 0.958 bits per heavy atom. The van der Waals surface area contributed by atoms with Crippen molar-refractivity contribution in [3.05, 3.63) is 52.3 Å². The van der Waals surface area contributed by atoms with Crippen LogP contribution < -0.4 is 10.5 Å². The molecule has 1 N–H and O–H groups in total. The normalized spacial score (nSPS) is 15.5. The summed E-state index contributed by atoms with van der Waals surface area (Å²) in [6, 6.07) is 11.1. The molecule has 6 nitrogen and oxygen atoms in total. The van der Waals surface area contributed by atoms with Crippen LogP contribution in [0.2, 0.25) is 0 Å². The van der Waals surface area contributed by atoms with Gasteiger partial charge >= 0.3 is 5.97 Å². The molecular weight excluding hydrogens is 306 g/mol. The molecule has 2 aromatic rings. The van der Waals surface area contributed by atoms with E-state index in [0.717, 1.165) is 31.7 Å². The number of pyridine rings is 1. The molecule has 1 aromatic carbocycles. The van der Waals surface area contributed by atoms with Gasteiger partial charge in [-0.3, -0.25) is 4.79 Å². The fourth-order valence-corrected chi connectivity index (χ4v) is 3.00. The second-order valence-electron chi connectivity index (χ2n) is 6.14. The number of aromatic carboxylic acids is 1. The first-order valence-corrected chi connectivity index (χ1v) is 7.94. The zero-order valence-electron chi connectivity index (χ0n) is 13.9. The van der Waals surface area contributed by atoms with E-state index in [9.17, 15) is 9.59 Å². The number of benzene rings is 1. The number of carbonyl (C=O) groups is 1. The van der Waals surface area contributed by atoms with Crippen molar-refractivity contribution >= 4 is 11.7 Å². The molecule has 3 rings (SSSR count). The molecule has 0 amide bonds. The molecule has 1 aromatic heterocycles. The lowest BCUT2D eigenvalue weighted by Crippen LogP contribution is -2.44. The number of piperazine rings is 1. The standard InChI is InChI=1S/C18H21N3O3/c1-19-9-11-21(12-10-19)14-5-3-13(4-6-14)16-8-7-15(18(23)24)17(22)20(16)2/h3-8H,9-12H2,1-2H3,(H,23,24). The largest absolute Gasteiger partial charge is 0.477 e. The Morgan fingerprint density at radius 2 is 1.58 bits per heavy atom. The maximum Gasteiger partial charge on any atom is 0.341 e. The van der Waals surface area contributed by atoms with E-state index in [1.807, 2.05) is 12.1 Å².